The van der Waals surface area contributed by atoms with Gasteiger partial charge in [-0.25, -0.2) is 8.42 Å². The number of esters is 1. The summed E-state index contributed by atoms with van der Waals surface area (Å²) in [7, 11) is -1.21. The number of amides is 1. The van der Waals surface area contributed by atoms with Crippen molar-refractivity contribution in [3.05, 3.63) is 89.5 Å². The van der Waals surface area contributed by atoms with E-state index in [4.69, 9.17) is 9.47 Å². The third-order valence-corrected chi connectivity index (χ3v) is 6.52. The van der Waals surface area contributed by atoms with Gasteiger partial charge >= 0.3 is 5.97 Å². The maximum absolute atomic E-state index is 13.4. The Hall–Kier alpha value is -3.85. The predicted molar refractivity (Wildman–Crippen MR) is 128 cm³/mol. The number of benzene rings is 3. The SMILES string of the molecule is COC(=O)CN(Cc1ccccc1)C(=O)c1cc(S(=O)(=O)Nc2ccc(OC)cc2)ccc1C. The molecular weight excluding hydrogens is 456 g/mol. The number of ether oxygens (including phenoxy) is 2. The third kappa shape index (κ3) is 6.14. The van der Waals surface area contributed by atoms with E-state index in [0.29, 0.717) is 17.0 Å². The molecule has 0 aliphatic heterocycles. The molecule has 1 N–H and O–H groups in total. The van der Waals surface area contributed by atoms with E-state index in [1.165, 1.54) is 31.3 Å². The zero-order valence-electron chi connectivity index (χ0n) is 19.1. The van der Waals surface area contributed by atoms with Crippen LogP contribution in [0.3, 0.4) is 0 Å². The van der Waals surface area contributed by atoms with Gasteiger partial charge in [-0.2, -0.15) is 0 Å². The normalized spacial score (nSPS) is 10.9. The van der Waals surface area contributed by atoms with Crippen molar-refractivity contribution >= 4 is 27.6 Å². The molecule has 0 atom stereocenters. The molecule has 0 aromatic heterocycles. The first-order chi connectivity index (χ1) is 16.2. The van der Waals surface area contributed by atoms with Gasteiger partial charge < -0.3 is 14.4 Å². The summed E-state index contributed by atoms with van der Waals surface area (Å²) in [6.07, 6.45) is 0. The molecule has 34 heavy (non-hydrogen) atoms. The number of aryl methyl sites for hydroxylation is 1. The van der Waals surface area contributed by atoms with Gasteiger partial charge in [0.15, 0.2) is 0 Å². The van der Waals surface area contributed by atoms with Crippen LogP contribution < -0.4 is 9.46 Å². The van der Waals surface area contributed by atoms with E-state index in [1.807, 2.05) is 30.3 Å². The molecule has 0 fully saturated rings. The van der Waals surface area contributed by atoms with Gasteiger partial charge in [0.2, 0.25) is 0 Å². The van der Waals surface area contributed by atoms with Crippen LogP contribution in [0.4, 0.5) is 5.69 Å². The third-order valence-electron chi connectivity index (χ3n) is 5.14. The lowest BCUT2D eigenvalue weighted by molar-refractivity contribution is -0.141. The Morgan fingerprint density at radius 3 is 2.24 bits per heavy atom. The summed E-state index contributed by atoms with van der Waals surface area (Å²) >= 11 is 0. The van der Waals surface area contributed by atoms with Crippen molar-refractivity contribution in [3.63, 3.8) is 0 Å². The summed E-state index contributed by atoms with van der Waals surface area (Å²) in [6, 6.07) is 19.9. The lowest BCUT2D eigenvalue weighted by Crippen LogP contribution is -2.36. The zero-order valence-corrected chi connectivity index (χ0v) is 20.0. The molecule has 0 aliphatic rings. The molecule has 0 saturated carbocycles. The zero-order chi connectivity index (χ0) is 24.7. The highest BCUT2D eigenvalue weighted by Crippen LogP contribution is 2.22. The number of carbonyl (C=O) groups excluding carboxylic acids is 2. The van der Waals surface area contributed by atoms with E-state index in [0.717, 1.165) is 5.56 Å². The van der Waals surface area contributed by atoms with Crippen LogP contribution in [-0.2, 0) is 26.1 Å². The largest absolute Gasteiger partial charge is 0.497 e. The molecule has 1 amide bonds. The van der Waals surface area contributed by atoms with Gasteiger partial charge in [-0.3, -0.25) is 14.3 Å². The lowest BCUT2D eigenvalue weighted by atomic mass is 10.1. The quantitative estimate of drug-likeness (QED) is 0.468. The average Bonchev–Trinajstić information content (AvgIpc) is 2.84. The Morgan fingerprint density at radius 2 is 1.62 bits per heavy atom. The van der Waals surface area contributed by atoms with Gasteiger partial charge in [0.05, 0.1) is 19.1 Å². The number of hydrogen-bond donors (Lipinski definition) is 1. The van der Waals surface area contributed by atoms with E-state index in [2.05, 4.69) is 4.72 Å². The Morgan fingerprint density at radius 1 is 0.941 bits per heavy atom. The molecule has 9 heteroatoms. The van der Waals surface area contributed by atoms with Gasteiger partial charge in [-0.05, 0) is 54.4 Å². The molecule has 0 bridgehead atoms. The number of carbonyl (C=O) groups is 2. The van der Waals surface area contributed by atoms with Crippen LogP contribution in [0.2, 0.25) is 0 Å². The topological polar surface area (TPSA) is 102 Å². The molecule has 3 rings (SSSR count). The molecule has 8 nitrogen and oxygen atoms in total. The molecule has 3 aromatic carbocycles. The van der Waals surface area contributed by atoms with Crippen LogP contribution in [0.1, 0.15) is 21.5 Å². The number of anilines is 1. The van der Waals surface area contributed by atoms with Crippen LogP contribution in [0.25, 0.3) is 0 Å². The monoisotopic (exact) mass is 482 g/mol. The van der Waals surface area contributed by atoms with Gasteiger partial charge in [-0.1, -0.05) is 36.4 Å². The highest BCUT2D eigenvalue weighted by atomic mass is 32.2. The fourth-order valence-electron chi connectivity index (χ4n) is 3.27. The summed E-state index contributed by atoms with van der Waals surface area (Å²) in [5.74, 6) is -0.463. The molecule has 0 unspecified atom stereocenters. The number of sulfonamides is 1. The minimum atomic E-state index is -3.97. The molecule has 178 valence electrons. The number of nitrogens with zero attached hydrogens (tertiary/aromatic N) is 1. The molecule has 0 saturated heterocycles. The Bertz CT molecular complexity index is 1260. The number of nitrogens with one attached hydrogen (secondary N) is 1. The molecule has 0 aliphatic carbocycles. The Labute approximate surface area is 199 Å². The second-order valence-electron chi connectivity index (χ2n) is 7.53. The van der Waals surface area contributed by atoms with Crippen LogP contribution >= 0.6 is 0 Å². The highest BCUT2D eigenvalue weighted by molar-refractivity contribution is 7.92. The standard InChI is InChI=1S/C25H26N2O6S/c1-18-9-14-22(34(30,31)26-20-10-12-21(32-2)13-11-20)15-23(18)25(29)27(17-24(28)33-3)16-19-7-5-4-6-8-19/h4-15,26H,16-17H2,1-3H3. The summed E-state index contributed by atoms with van der Waals surface area (Å²) in [5.41, 5.74) is 1.93. The Kier molecular flexibility index (Phi) is 7.91. The summed E-state index contributed by atoms with van der Waals surface area (Å²) < 4.78 is 38.3. The predicted octanol–water partition coefficient (Wildman–Crippen LogP) is 3.62. The lowest BCUT2D eigenvalue weighted by Gasteiger charge is -2.23. The Balaban J connectivity index is 1.91. The maximum Gasteiger partial charge on any atom is 0.325 e. The summed E-state index contributed by atoms with van der Waals surface area (Å²) in [4.78, 5) is 26.7. The fraction of sp³-hybridized carbons (Fsp3) is 0.200. The van der Waals surface area contributed by atoms with Gasteiger partial charge in [-0.15, -0.1) is 0 Å². The maximum atomic E-state index is 13.4. The van der Waals surface area contributed by atoms with Crippen LogP contribution in [-0.4, -0.2) is 46.0 Å². The summed E-state index contributed by atoms with van der Waals surface area (Å²) in [6.45, 7) is 1.60. The first-order valence-electron chi connectivity index (χ1n) is 10.4. The van der Waals surface area contributed by atoms with Gasteiger partial charge in [0, 0.05) is 17.8 Å². The van der Waals surface area contributed by atoms with E-state index in [1.54, 1.807) is 37.3 Å². The van der Waals surface area contributed by atoms with Crippen LogP contribution in [0.5, 0.6) is 5.75 Å². The molecule has 0 heterocycles. The van der Waals surface area contributed by atoms with Gasteiger partial charge in [0.25, 0.3) is 15.9 Å². The molecule has 3 aromatic rings. The number of rotatable bonds is 9. The number of hydrogen-bond acceptors (Lipinski definition) is 6. The van der Waals surface area contributed by atoms with E-state index in [9.17, 15) is 18.0 Å². The van der Waals surface area contributed by atoms with Crippen molar-refractivity contribution in [3.8, 4) is 5.75 Å². The van der Waals surface area contributed by atoms with Crippen molar-refractivity contribution in [2.45, 2.75) is 18.4 Å². The molecule has 0 spiro atoms. The van der Waals surface area contributed by atoms with E-state index in [-0.39, 0.29) is 23.5 Å². The fourth-order valence-corrected chi connectivity index (χ4v) is 4.35. The van der Waals surface area contributed by atoms with Crippen molar-refractivity contribution < 1.29 is 27.5 Å². The second-order valence-corrected chi connectivity index (χ2v) is 9.22. The summed E-state index contributed by atoms with van der Waals surface area (Å²) in [5, 5.41) is 0. The van der Waals surface area contributed by atoms with Crippen molar-refractivity contribution in [2.75, 3.05) is 25.5 Å². The average molecular weight is 483 g/mol. The van der Waals surface area contributed by atoms with Crippen LogP contribution in [0.15, 0.2) is 77.7 Å². The highest BCUT2D eigenvalue weighted by Gasteiger charge is 2.24. The van der Waals surface area contributed by atoms with E-state index >= 15 is 0 Å². The molecular formula is C25H26N2O6S. The smallest absolute Gasteiger partial charge is 0.325 e. The minimum Gasteiger partial charge on any atom is -0.497 e. The molecule has 0 radical (unpaired) electrons. The van der Waals surface area contributed by atoms with Crippen LogP contribution in [0, 0.1) is 6.92 Å². The van der Waals surface area contributed by atoms with Gasteiger partial charge in [0.1, 0.15) is 12.3 Å². The minimum absolute atomic E-state index is 0.0741. The van der Waals surface area contributed by atoms with Crippen molar-refractivity contribution in [2.24, 2.45) is 0 Å². The van der Waals surface area contributed by atoms with Crippen molar-refractivity contribution in [1.82, 2.24) is 4.90 Å². The van der Waals surface area contributed by atoms with E-state index < -0.39 is 21.9 Å². The second kappa shape index (κ2) is 10.8. The first kappa shape index (κ1) is 24.8. The van der Waals surface area contributed by atoms with Crippen molar-refractivity contribution in [1.29, 1.82) is 0 Å². The number of methoxy groups -OCH3 is 2. The first-order valence-corrected chi connectivity index (χ1v) is 11.9.